The SMILES string of the molecule is COc1cccc(OCCNC(=O)Cn2cccc(C(F)(F)F)c2=O)c1. The maximum atomic E-state index is 12.7. The zero-order valence-electron chi connectivity index (χ0n) is 13.9. The largest absolute Gasteiger partial charge is 0.497 e. The summed E-state index contributed by atoms with van der Waals surface area (Å²) >= 11 is 0. The topological polar surface area (TPSA) is 69.6 Å². The Labute approximate surface area is 147 Å². The Kier molecular flexibility index (Phi) is 6.26. The van der Waals surface area contributed by atoms with Gasteiger partial charge in [-0.1, -0.05) is 6.07 Å². The van der Waals surface area contributed by atoms with E-state index in [-0.39, 0.29) is 13.2 Å². The van der Waals surface area contributed by atoms with Gasteiger partial charge in [-0.05, 0) is 24.3 Å². The van der Waals surface area contributed by atoms with Crippen molar-refractivity contribution in [3.63, 3.8) is 0 Å². The molecule has 1 heterocycles. The molecule has 9 heteroatoms. The number of nitrogens with zero attached hydrogens (tertiary/aromatic N) is 1. The highest BCUT2D eigenvalue weighted by atomic mass is 19.4. The van der Waals surface area contributed by atoms with E-state index in [1.165, 1.54) is 7.11 Å². The maximum Gasteiger partial charge on any atom is 0.421 e. The molecule has 0 aliphatic carbocycles. The normalized spacial score (nSPS) is 11.1. The third kappa shape index (κ3) is 5.27. The molecule has 0 atom stereocenters. The van der Waals surface area contributed by atoms with Crippen LogP contribution < -0.4 is 20.3 Å². The average molecular weight is 370 g/mol. The minimum atomic E-state index is -4.76. The number of carbonyl (C=O) groups is 1. The summed E-state index contributed by atoms with van der Waals surface area (Å²) in [7, 11) is 1.52. The van der Waals surface area contributed by atoms with Gasteiger partial charge in [0.05, 0.1) is 13.7 Å². The molecule has 0 fully saturated rings. The quantitative estimate of drug-likeness (QED) is 0.758. The van der Waals surface area contributed by atoms with E-state index in [1.807, 2.05) is 0 Å². The summed E-state index contributed by atoms with van der Waals surface area (Å²) in [4.78, 5) is 23.6. The van der Waals surface area contributed by atoms with Crippen LogP contribution >= 0.6 is 0 Å². The van der Waals surface area contributed by atoms with E-state index in [2.05, 4.69) is 5.32 Å². The molecule has 1 aromatic heterocycles. The van der Waals surface area contributed by atoms with Crippen molar-refractivity contribution in [3.8, 4) is 11.5 Å². The molecule has 0 unspecified atom stereocenters. The van der Waals surface area contributed by atoms with E-state index in [9.17, 15) is 22.8 Å². The van der Waals surface area contributed by atoms with Crippen LogP contribution in [0.2, 0.25) is 0 Å². The first-order valence-corrected chi connectivity index (χ1v) is 7.61. The molecule has 2 rings (SSSR count). The molecule has 140 valence electrons. The fourth-order valence-corrected chi connectivity index (χ4v) is 2.14. The predicted octanol–water partition coefficient (Wildman–Crippen LogP) is 2.07. The van der Waals surface area contributed by atoms with Crippen LogP contribution in [0.3, 0.4) is 0 Å². The number of rotatable bonds is 7. The first-order valence-electron chi connectivity index (χ1n) is 7.61. The Morgan fingerprint density at radius 3 is 2.62 bits per heavy atom. The molecule has 0 bridgehead atoms. The molecular formula is C17H17F3N2O4. The number of carbonyl (C=O) groups excluding carboxylic acids is 1. The van der Waals surface area contributed by atoms with Crippen molar-refractivity contribution in [2.75, 3.05) is 20.3 Å². The third-order valence-electron chi connectivity index (χ3n) is 3.37. The molecule has 1 N–H and O–H groups in total. The van der Waals surface area contributed by atoms with Gasteiger partial charge >= 0.3 is 6.18 Å². The van der Waals surface area contributed by atoms with Gasteiger partial charge in [0.2, 0.25) is 5.91 Å². The zero-order chi connectivity index (χ0) is 19.2. The molecule has 26 heavy (non-hydrogen) atoms. The van der Waals surface area contributed by atoms with Gasteiger partial charge in [-0.3, -0.25) is 9.59 Å². The van der Waals surface area contributed by atoms with Gasteiger partial charge in [0.1, 0.15) is 30.2 Å². The lowest BCUT2D eigenvalue weighted by Gasteiger charge is -2.11. The van der Waals surface area contributed by atoms with Crippen LogP contribution in [0.4, 0.5) is 13.2 Å². The molecule has 1 aromatic carbocycles. The highest BCUT2D eigenvalue weighted by Gasteiger charge is 2.34. The van der Waals surface area contributed by atoms with E-state index in [4.69, 9.17) is 9.47 Å². The molecule has 0 aliphatic heterocycles. The molecule has 0 radical (unpaired) electrons. The van der Waals surface area contributed by atoms with Gasteiger partial charge in [0.15, 0.2) is 0 Å². The van der Waals surface area contributed by atoms with Crippen molar-refractivity contribution in [1.82, 2.24) is 9.88 Å². The van der Waals surface area contributed by atoms with Gasteiger partial charge in [0.25, 0.3) is 5.56 Å². The number of hydrogen-bond donors (Lipinski definition) is 1. The van der Waals surface area contributed by atoms with Crippen molar-refractivity contribution in [2.45, 2.75) is 12.7 Å². The third-order valence-corrected chi connectivity index (χ3v) is 3.37. The van der Waals surface area contributed by atoms with Gasteiger partial charge in [0, 0.05) is 12.3 Å². The Bertz CT molecular complexity index is 818. The minimum Gasteiger partial charge on any atom is -0.497 e. The van der Waals surface area contributed by atoms with E-state index >= 15 is 0 Å². The zero-order valence-corrected chi connectivity index (χ0v) is 13.9. The smallest absolute Gasteiger partial charge is 0.421 e. The molecule has 0 saturated carbocycles. The van der Waals surface area contributed by atoms with Crippen molar-refractivity contribution in [1.29, 1.82) is 0 Å². The molecule has 2 aromatic rings. The predicted molar refractivity (Wildman–Crippen MR) is 87.2 cm³/mol. The van der Waals surface area contributed by atoms with Crippen molar-refractivity contribution in [3.05, 3.63) is 58.5 Å². The number of methoxy groups -OCH3 is 1. The van der Waals surface area contributed by atoms with Gasteiger partial charge in [-0.2, -0.15) is 13.2 Å². The van der Waals surface area contributed by atoms with E-state index < -0.39 is 29.8 Å². The summed E-state index contributed by atoms with van der Waals surface area (Å²) in [6, 6.07) is 8.63. The van der Waals surface area contributed by atoms with Crippen LogP contribution in [0.25, 0.3) is 0 Å². The van der Waals surface area contributed by atoms with E-state index in [0.29, 0.717) is 22.1 Å². The van der Waals surface area contributed by atoms with Crippen LogP contribution in [0.1, 0.15) is 5.56 Å². The van der Waals surface area contributed by atoms with Gasteiger partial charge < -0.3 is 19.4 Å². The first-order chi connectivity index (χ1) is 12.3. The average Bonchev–Trinajstić information content (AvgIpc) is 2.60. The number of alkyl halides is 3. The maximum absolute atomic E-state index is 12.7. The van der Waals surface area contributed by atoms with Gasteiger partial charge in [-0.25, -0.2) is 0 Å². The lowest BCUT2D eigenvalue weighted by molar-refractivity contribution is -0.139. The fraction of sp³-hybridized carbons (Fsp3) is 0.294. The summed E-state index contributed by atoms with van der Waals surface area (Å²) < 4.78 is 49.3. The number of hydrogen-bond acceptors (Lipinski definition) is 4. The van der Waals surface area contributed by atoms with Crippen molar-refractivity contribution in [2.24, 2.45) is 0 Å². The Balaban J connectivity index is 1.85. The molecular weight excluding hydrogens is 353 g/mol. The second-order valence-electron chi connectivity index (χ2n) is 5.23. The lowest BCUT2D eigenvalue weighted by Crippen LogP contribution is -2.36. The number of pyridine rings is 1. The van der Waals surface area contributed by atoms with E-state index in [0.717, 1.165) is 12.3 Å². The Hall–Kier alpha value is -2.97. The molecule has 1 amide bonds. The van der Waals surface area contributed by atoms with Crippen LogP contribution in [-0.2, 0) is 17.5 Å². The number of halogens is 3. The van der Waals surface area contributed by atoms with Crippen LogP contribution in [0.15, 0.2) is 47.4 Å². The summed E-state index contributed by atoms with van der Waals surface area (Å²) in [6.07, 6.45) is -3.63. The van der Waals surface area contributed by atoms with E-state index in [1.54, 1.807) is 24.3 Å². The van der Waals surface area contributed by atoms with Crippen LogP contribution in [0, 0.1) is 0 Å². The molecule has 6 nitrogen and oxygen atoms in total. The van der Waals surface area contributed by atoms with Crippen molar-refractivity contribution >= 4 is 5.91 Å². The number of benzene rings is 1. The second kappa shape index (κ2) is 8.41. The Morgan fingerprint density at radius 2 is 1.92 bits per heavy atom. The number of nitrogens with one attached hydrogen (secondary N) is 1. The lowest BCUT2D eigenvalue weighted by atomic mass is 10.2. The number of amides is 1. The highest BCUT2D eigenvalue weighted by Crippen LogP contribution is 2.25. The van der Waals surface area contributed by atoms with Gasteiger partial charge in [-0.15, -0.1) is 0 Å². The summed E-state index contributed by atoms with van der Waals surface area (Å²) in [5, 5.41) is 2.48. The Morgan fingerprint density at radius 1 is 1.19 bits per heavy atom. The van der Waals surface area contributed by atoms with Crippen LogP contribution in [-0.4, -0.2) is 30.7 Å². The highest BCUT2D eigenvalue weighted by molar-refractivity contribution is 5.75. The van der Waals surface area contributed by atoms with Crippen LogP contribution in [0.5, 0.6) is 11.5 Å². The second-order valence-corrected chi connectivity index (χ2v) is 5.23. The number of aromatic nitrogens is 1. The molecule has 0 spiro atoms. The summed E-state index contributed by atoms with van der Waals surface area (Å²) in [5.41, 5.74) is -2.57. The fourth-order valence-electron chi connectivity index (χ4n) is 2.14. The summed E-state index contributed by atoms with van der Waals surface area (Å²) in [6.45, 7) is -0.234. The first kappa shape index (κ1) is 19.4. The molecule has 0 saturated heterocycles. The summed E-state index contributed by atoms with van der Waals surface area (Å²) in [5.74, 6) is 0.573. The van der Waals surface area contributed by atoms with Crippen molar-refractivity contribution < 1.29 is 27.4 Å². The standard InChI is InChI=1S/C17H17F3N2O4/c1-25-12-4-2-5-13(10-12)26-9-7-21-15(23)11-22-8-3-6-14(16(22)24)17(18,19)20/h2-6,8,10H,7,9,11H2,1H3,(H,21,23). The monoisotopic (exact) mass is 370 g/mol. The minimum absolute atomic E-state index is 0.129. The number of ether oxygens (including phenoxy) is 2. The molecule has 0 aliphatic rings.